The van der Waals surface area contributed by atoms with Crippen LogP contribution in [0.25, 0.3) is 0 Å². The van der Waals surface area contributed by atoms with E-state index in [9.17, 15) is 19.2 Å². The maximum absolute atomic E-state index is 12.6. The van der Waals surface area contributed by atoms with E-state index in [1.807, 2.05) is 0 Å². The number of urea groups is 1. The van der Waals surface area contributed by atoms with Crippen LogP contribution in [0.4, 0.5) is 4.79 Å². The van der Waals surface area contributed by atoms with Crippen molar-refractivity contribution in [1.82, 2.24) is 20.8 Å². The Hall–Kier alpha value is -2.62. The molecule has 0 fully saturated rings. The minimum absolute atomic E-state index is 0.0263. The van der Waals surface area contributed by atoms with Gasteiger partial charge in [-0.3, -0.25) is 14.7 Å². The number of nitrogens with one attached hydrogen (secondary N) is 3. The second kappa shape index (κ2) is 9.18. The molecule has 0 aromatic carbocycles. The molecule has 0 bridgehead atoms. The minimum atomic E-state index is -0.741. The van der Waals surface area contributed by atoms with Crippen LogP contribution < -0.4 is 10.6 Å². The summed E-state index contributed by atoms with van der Waals surface area (Å²) in [4.78, 5) is 47.7. The standard InChI is InChI=1S/C16H20N4O5S/c1-17-16(24)18-6-4-3-5-7-26-10-8-9(21)12-11(14(10)22)13(20-19-12)15(23)25-2/h8H,3-7H2,1-2H3,(H,19,20)(H2,17,18,24). The van der Waals surface area contributed by atoms with Gasteiger partial charge in [0.1, 0.15) is 5.69 Å². The number of aromatic amines is 1. The number of H-pyrrole nitrogens is 1. The van der Waals surface area contributed by atoms with Gasteiger partial charge in [-0.1, -0.05) is 6.42 Å². The van der Waals surface area contributed by atoms with Gasteiger partial charge in [0, 0.05) is 19.7 Å². The van der Waals surface area contributed by atoms with Crippen LogP contribution in [-0.2, 0) is 4.74 Å². The molecule has 0 saturated carbocycles. The molecule has 9 nitrogen and oxygen atoms in total. The number of hydrogen-bond acceptors (Lipinski definition) is 7. The highest BCUT2D eigenvalue weighted by Gasteiger charge is 2.34. The molecule has 0 aliphatic heterocycles. The van der Waals surface area contributed by atoms with E-state index < -0.39 is 17.5 Å². The number of ketones is 2. The third kappa shape index (κ3) is 4.51. The van der Waals surface area contributed by atoms with Crippen LogP contribution in [0.5, 0.6) is 0 Å². The number of carbonyl (C=O) groups is 4. The number of unbranched alkanes of at least 4 members (excludes halogenated alkanes) is 2. The third-order valence-electron chi connectivity index (χ3n) is 3.69. The number of allylic oxidation sites excluding steroid dienone is 2. The summed E-state index contributed by atoms with van der Waals surface area (Å²) < 4.78 is 4.61. The van der Waals surface area contributed by atoms with Crippen LogP contribution in [0.2, 0.25) is 0 Å². The van der Waals surface area contributed by atoms with Crippen LogP contribution in [-0.4, -0.2) is 60.2 Å². The molecule has 2 rings (SSSR count). The number of fused-ring (bicyclic) bond motifs is 1. The van der Waals surface area contributed by atoms with Gasteiger partial charge in [-0.2, -0.15) is 5.10 Å². The van der Waals surface area contributed by atoms with Gasteiger partial charge in [0.15, 0.2) is 5.69 Å². The molecular weight excluding hydrogens is 360 g/mol. The first-order chi connectivity index (χ1) is 12.5. The van der Waals surface area contributed by atoms with Crippen molar-refractivity contribution in [3.8, 4) is 0 Å². The van der Waals surface area contributed by atoms with Crippen LogP contribution in [0.3, 0.4) is 0 Å². The molecule has 3 N–H and O–H groups in total. The second-order valence-corrected chi connectivity index (χ2v) is 6.57. The highest BCUT2D eigenvalue weighted by molar-refractivity contribution is 8.04. The normalized spacial score (nSPS) is 13.1. The summed E-state index contributed by atoms with van der Waals surface area (Å²) in [6.07, 6.45) is 3.76. The number of thioether (sulfide) groups is 1. The van der Waals surface area contributed by atoms with Gasteiger partial charge in [-0.05, 0) is 18.6 Å². The number of rotatable bonds is 8. The molecule has 2 amide bonds. The van der Waals surface area contributed by atoms with Crippen molar-refractivity contribution < 1.29 is 23.9 Å². The van der Waals surface area contributed by atoms with Crippen LogP contribution in [0.15, 0.2) is 11.0 Å². The predicted molar refractivity (Wildman–Crippen MR) is 95.4 cm³/mol. The Morgan fingerprint density at radius 3 is 2.73 bits per heavy atom. The Kier molecular flexibility index (Phi) is 6.96. The number of ether oxygens (including phenoxy) is 1. The van der Waals surface area contributed by atoms with Gasteiger partial charge >= 0.3 is 12.0 Å². The summed E-state index contributed by atoms with van der Waals surface area (Å²) >= 11 is 1.27. The highest BCUT2D eigenvalue weighted by atomic mass is 32.2. The number of methoxy groups -OCH3 is 1. The molecular formula is C16H20N4O5S. The molecule has 0 saturated heterocycles. The molecule has 140 valence electrons. The zero-order valence-corrected chi connectivity index (χ0v) is 15.3. The monoisotopic (exact) mass is 380 g/mol. The lowest BCUT2D eigenvalue weighted by molar-refractivity contribution is 0.0591. The lowest BCUT2D eigenvalue weighted by Gasteiger charge is -2.11. The number of aromatic nitrogens is 2. The van der Waals surface area contributed by atoms with E-state index in [0.29, 0.717) is 12.3 Å². The Bertz CT molecular complexity index is 756. The molecule has 1 aromatic heterocycles. The zero-order valence-electron chi connectivity index (χ0n) is 14.5. The Morgan fingerprint density at radius 1 is 1.27 bits per heavy atom. The largest absolute Gasteiger partial charge is 0.464 e. The van der Waals surface area contributed by atoms with Crippen LogP contribution >= 0.6 is 11.8 Å². The first-order valence-corrected chi connectivity index (χ1v) is 9.04. The summed E-state index contributed by atoms with van der Waals surface area (Å²) in [6, 6.07) is -0.215. The van der Waals surface area contributed by atoms with E-state index in [0.717, 1.165) is 19.3 Å². The molecule has 0 spiro atoms. The quantitative estimate of drug-likeness (QED) is 0.457. The third-order valence-corrected chi connectivity index (χ3v) is 4.80. The Labute approximate surface area is 154 Å². The SMILES string of the molecule is CNC(=O)NCCCCCSC1=CC(=O)c2n[nH]c(C(=O)OC)c2C1=O. The van der Waals surface area contributed by atoms with Crippen LogP contribution in [0, 0.1) is 0 Å². The van der Waals surface area contributed by atoms with E-state index in [4.69, 9.17) is 0 Å². The van der Waals surface area contributed by atoms with E-state index in [1.54, 1.807) is 7.05 Å². The van der Waals surface area contributed by atoms with E-state index >= 15 is 0 Å². The first kappa shape index (κ1) is 19.7. The lowest BCUT2D eigenvalue weighted by atomic mass is 9.99. The van der Waals surface area contributed by atoms with Gasteiger partial charge in [0.2, 0.25) is 11.6 Å². The minimum Gasteiger partial charge on any atom is -0.464 e. The fourth-order valence-corrected chi connectivity index (χ4v) is 3.34. The summed E-state index contributed by atoms with van der Waals surface area (Å²) in [6.45, 7) is 0.575. The van der Waals surface area contributed by atoms with E-state index in [1.165, 1.54) is 24.9 Å². The summed E-state index contributed by atoms with van der Waals surface area (Å²) in [5.41, 5.74) is -0.186. The van der Waals surface area contributed by atoms with Crippen molar-refractivity contribution in [2.45, 2.75) is 19.3 Å². The number of hydrogen-bond donors (Lipinski definition) is 3. The summed E-state index contributed by atoms with van der Waals surface area (Å²) in [7, 11) is 2.74. The molecule has 10 heteroatoms. The molecule has 1 aliphatic rings. The molecule has 1 aliphatic carbocycles. The van der Waals surface area contributed by atoms with Gasteiger partial charge in [0.25, 0.3) is 0 Å². The van der Waals surface area contributed by atoms with E-state index in [-0.39, 0.29) is 27.9 Å². The summed E-state index contributed by atoms with van der Waals surface area (Å²) in [5, 5.41) is 11.3. The van der Waals surface area contributed by atoms with E-state index in [2.05, 4.69) is 25.6 Å². The Balaban J connectivity index is 1.87. The molecule has 1 aromatic rings. The van der Waals surface area contributed by atoms with Crippen molar-refractivity contribution in [2.24, 2.45) is 0 Å². The van der Waals surface area contributed by atoms with Gasteiger partial charge in [-0.25, -0.2) is 9.59 Å². The van der Waals surface area contributed by atoms with Crippen molar-refractivity contribution >= 4 is 35.3 Å². The van der Waals surface area contributed by atoms with Gasteiger partial charge in [0.05, 0.1) is 17.6 Å². The average molecular weight is 380 g/mol. The molecule has 0 atom stereocenters. The number of carbonyl (C=O) groups excluding carboxylic acids is 4. The van der Waals surface area contributed by atoms with Gasteiger partial charge < -0.3 is 15.4 Å². The number of esters is 1. The van der Waals surface area contributed by atoms with Crippen LogP contribution in [0.1, 0.15) is 50.6 Å². The molecule has 0 radical (unpaired) electrons. The fourth-order valence-electron chi connectivity index (χ4n) is 2.35. The average Bonchev–Trinajstić information content (AvgIpc) is 3.09. The van der Waals surface area contributed by atoms with Gasteiger partial charge in [-0.15, -0.1) is 11.8 Å². The van der Waals surface area contributed by atoms with Crippen molar-refractivity contribution in [3.05, 3.63) is 27.9 Å². The first-order valence-electron chi connectivity index (χ1n) is 8.05. The number of Topliss-reactive ketones (excluding diaryl/α,β-unsaturated/α-hetero) is 1. The predicted octanol–water partition coefficient (Wildman–Crippen LogP) is 1.29. The van der Waals surface area contributed by atoms with Crippen molar-refractivity contribution in [1.29, 1.82) is 0 Å². The maximum Gasteiger partial charge on any atom is 0.356 e. The fraction of sp³-hybridized carbons (Fsp3) is 0.438. The lowest BCUT2D eigenvalue weighted by Crippen LogP contribution is -2.33. The maximum atomic E-state index is 12.6. The Morgan fingerprint density at radius 2 is 2.04 bits per heavy atom. The molecule has 26 heavy (non-hydrogen) atoms. The summed E-state index contributed by atoms with van der Waals surface area (Å²) in [5.74, 6) is -0.913. The second-order valence-electron chi connectivity index (χ2n) is 5.43. The molecule has 0 unspecified atom stereocenters. The number of amides is 2. The topological polar surface area (TPSA) is 130 Å². The molecule has 1 heterocycles. The highest BCUT2D eigenvalue weighted by Crippen LogP contribution is 2.30. The zero-order chi connectivity index (χ0) is 19.1. The van der Waals surface area contributed by atoms with Crippen molar-refractivity contribution in [2.75, 3.05) is 26.5 Å². The number of nitrogens with zero attached hydrogens (tertiary/aromatic N) is 1. The smallest absolute Gasteiger partial charge is 0.356 e. The van der Waals surface area contributed by atoms with Crippen molar-refractivity contribution in [3.63, 3.8) is 0 Å².